The van der Waals surface area contributed by atoms with Gasteiger partial charge in [-0.25, -0.2) is 0 Å². The summed E-state index contributed by atoms with van der Waals surface area (Å²) in [5.74, 6) is 2.53. The first-order chi connectivity index (χ1) is 11.3. The van der Waals surface area contributed by atoms with Crippen LogP contribution in [0.15, 0.2) is 36.4 Å². The molecule has 0 unspecified atom stereocenters. The van der Waals surface area contributed by atoms with Gasteiger partial charge in [-0.2, -0.15) is 0 Å². The number of ether oxygens (including phenoxy) is 1. The fraction of sp³-hybridized carbons (Fsp3) is 0.571. The van der Waals surface area contributed by atoms with Crippen LogP contribution in [0.4, 0.5) is 0 Å². The third-order valence-electron chi connectivity index (χ3n) is 4.88. The molecule has 1 aliphatic rings. The van der Waals surface area contributed by atoms with E-state index in [1.807, 2.05) is 12.1 Å². The van der Waals surface area contributed by atoms with Gasteiger partial charge in [-0.05, 0) is 61.8 Å². The normalized spacial score (nSPS) is 21.4. The Hall–Kier alpha value is -1.57. The average Bonchev–Trinajstić information content (AvgIpc) is 2.61. The van der Waals surface area contributed by atoms with E-state index in [1.54, 1.807) is 12.1 Å². The largest absolute Gasteiger partial charge is 0.490 e. The van der Waals surface area contributed by atoms with Gasteiger partial charge in [0.25, 0.3) is 0 Å². The Kier molecular flexibility index (Phi) is 7.92. The van der Waals surface area contributed by atoms with Gasteiger partial charge in [-0.1, -0.05) is 44.8 Å². The van der Waals surface area contributed by atoms with Gasteiger partial charge in [0.1, 0.15) is 18.6 Å². The first-order valence-electron chi connectivity index (χ1n) is 9.16. The number of allylic oxidation sites excluding steroid dienone is 1. The number of hydrogen-bond donors (Lipinski definition) is 0. The standard InChI is InChI=1S/C21H30O2/c1-2-3-4-6-18-8-10-19(11-9-18)7-5-16-23-21-14-12-20(17-22)13-15-21/h5,7,12-15,17-19H,2-4,6,8-11,16H2,1H3/t18-,19-. The summed E-state index contributed by atoms with van der Waals surface area (Å²) < 4.78 is 5.68. The van der Waals surface area contributed by atoms with E-state index in [1.165, 1.54) is 51.4 Å². The van der Waals surface area contributed by atoms with Gasteiger partial charge in [0.05, 0.1) is 0 Å². The molecular weight excluding hydrogens is 284 g/mol. The molecule has 1 aliphatic carbocycles. The lowest BCUT2D eigenvalue weighted by Crippen LogP contribution is -2.13. The molecule has 2 rings (SSSR count). The van der Waals surface area contributed by atoms with Gasteiger partial charge in [-0.3, -0.25) is 4.79 Å². The van der Waals surface area contributed by atoms with Crippen LogP contribution in [0.2, 0.25) is 0 Å². The van der Waals surface area contributed by atoms with Crippen molar-refractivity contribution in [1.29, 1.82) is 0 Å². The molecule has 1 aromatic carbocycles. The highest BCUT2D eigenvalue weighted by Crippen LogP contribution is 2.32. The van der Waals surface area contributed by atoms with Gasteiger partial charge < -0.3 is 4.74 Å². The Morgan fingerprint density at radius 3 is 2.48 bits per heavy atom. The highest BCUT2D eigenvalue weighted by atomic mass is 16.5. The molecule has 0 aliphatic heterocycles. The van der Waals surface area contributed by atoms with Crippen molar-refractivity contribution in [2.75, 3.05) is 6.61 Å². The molecular formula is C21H30O2. The minimum absolute atomic E-state index is 0.608. The zero-order valence-corrected chi connectivity index (χ0v) is 14.4. The molecule has 0 aromatic heterocycles. The predicted octanol–water partition coefficient (Wildman–Crippen LogP) is 5.82. The fourth-order valence-corrected chi connectivity index (χ4v) is 3.39. The topological polar surface area (TPSA) is 26.3 Å². The summed E-state index contributed by atoms with van der Waals surface area (Å²) in [6.45, 7) is 2.89. The number of benzene rings is 1. The van der Waals surface area contributed by atoms with E-state index in [2.05, 4.69) is 19.1 Å². The number of unbranched alkanes of at least 4 members (excludes halogenated alkanes) is 2. The van der Waals surface area contributed by atoms with Crippen LogP contribution in [0.25, 0.3) is 0 Å². The second-order valence-electron chi connectivity index (χ2n) is 6.70. The third kappa shape index (κ3) is 6.60. The molecule has 0 amide bonds. The smallest absolute Gasteiger partial charge is 0.150 e. The lowest BCUT2D eigenvalue weighted by molar-refractivity contribution is 0.112. The summed E-state index contributed by atoms with van der Waals surface area (Å²) in [7, 11) is 0. The number of rotatable bonds is 9. The molecule has 0 bridgehead atoms. The SMILES string of the molecule is CCCCC[C@H]1CC[C@H](C=CCOc2ccc(C=O)cc2)CC1. The Balaban J connectivity index is 1.62. The molecule has 126 valence electrons. The number of carbonyl (C=O) groups is 1. The maximum Gasteiger partial charge on any atom is 0.150 e. The molecule has 0 heterocycles. The van der Waals surface area contributed by atoms with Crippen molar-refractivity contribution in [2.45, 2.75) is 58.3 Å². The highest BCUT2D eigenvalue weighted by molar-refractivity contribution is 5.74. The fourth-order valence-electron chi connectivity index (χ4n) is 3.39. The van der Waals surface area contributed by atoms with E-state index in [4.69, 9.17) is 4.74 Å². The molecule has 0 saturated heterocycles. The van der Waals surface area contributed by atoms with E-state index in [9.17, 15) is 4.79 Å². The Labute approximate surface area is 140 Å². The van der Waals surface area contributed by atoms with E-state index in [-0.39, 0.29) is 0 Å². The van der Waals surface area contributed by atoms with Crippen LogP contribution in [-0.2, 0) is 0 Å². The molecule has 0 spiro atoms. The molecule has 2 heteroatoms. The van der Waals surface area contributed by atoms with Crippen LogP contribution >= 0.6 is 0 Å². The molecule has 2 nitrogen and oxygen atoms in total. The van der Waals surface area contributed by atoms with E-state index in [0.717, 1.165) is 23.9 Å². The highest BCUT2D eigenvalue weighted by Gasteiger charge is 2.18. The van der Waals surface area contributed by atoms with Crippen molar-refractivity contribution in [3.05, 3.63) is 42.0 Å². The lowest BCUT2D eigenvalue weighted by atomic mass is 9.79. The number of carbonyl (C=O) groups excluding carboxylic acids is 1. The summed E-state index contributed by atoms with van der Waals surface area (Å²) in [6.07, 6.45) is 16.4. The molecule has 1 fully saturated rings. The lowest BCUT2D eigenvalue weighted by Gasteiger charge is -2.26. The summed E-state index contributed by atoms with van der Waals surface area (Å²) in [4.78, 5) is 10.6. The van der Waals surface area contributed by atoms with Crippen LogP contribution in [-0.4, -0.2) is 12.9 Å². The van der Waals surface area contributed by atoms with Crippen molar-refractivity contribution >= 4 is 6.29 Å². The van der Waals surface area contributed by atoms with E-state index in [0.29, 0.717) is 12.2 Å². The van der Waals surface area contributed by atoms with Crippen LogP contribution in [0.5, 0.6) is 5.75 Å². The number of hydrogen-bond acceptors (Lipinski definition) is 2. The maximum absolute atomic E-state index is 10.6. The molecule has 0 radical (unpaired) electrons. The summed E-state index contributed by atoms with van der Waals surface area (Å²) in [6, 6.07) is 7.26. The second kappa shape index (κ2) is 10.3. The molecule has 0 atom stereocenters. The van der Waals surface area contributed by atoms with Gasteiger partial charge in [0.15, 0.2) is 0 Å². The molecule has 0 N–H and O–H groups in total. The Morgan fingerprint density at radius 1 is 1.09 bits per heavy atom. The van der Waals surface area contributed by atoms with E-state index < -0.39 is 0 Å². The van der Waals surface area contributed by atoms with E-state index >= 15 is 0 Å². The predicted molar refractivity (Wildman–Crippen MR) is 96.1 cm³/mol. The Morgan fingerprint density at radius 2 is 1.83 bits per heavy atom. The van der Waals surface area contributed by atoms with Crippen LogP contribution in [0, 0.1) is 11.8 Å². The summed E-state index contributed by atoms with van der Waals surface area (Å²) in [5.41, 5.74) is 0.684. The number of aldehydes is 1. The monoisotopic (exact) mass is 314 g/mol. The zero-order valence-electron chi connectivity index (χ0n) is 14.4. The van der Waals surface area contributed by atoms with Crippen LogP contribution < -0.4 is 4.74 Å². The third-order valence-corrected chi connectivity index (χ3v) is 4.88. The molecule has 1 saturated carbocycles. The molecule has 1 aromatic rings. The zero-order chi connectivity index (χ0) is 16.3. The first-order valence-corrected chi connectivity index (χ1v) is 9.16. The van der Waals surface area contributed by atoms with Crippen molar-refractivity contribution in [1.82, 2.24) is 0 Å². The Bertz CT molecular complexity index is 467. The van der Waals surface area contributed by atoms with Crippen molar-refractivity contribution < 1.29 is 9.53 Å². The van der Waals surface area contributed by atoms with Crippen molar-refractivity contribution in [3.8, 4) is 5.75 Å². The summed E-state index contributed by atoms with van der Waals surface area (Å²) >= 11 is 0. The average molecular weight is 314 g/mol. The van der Waals surface area contributed by atoms with Crippen molar-refractivity contribution in [2.24, 2.45) is 11.8 Å². The summed E-state index contributed by atoms with van der Waals surface area (Å²) in [5, 5.41) is 0. The van der Waals surface area contributed by atoms with Gasteiger partial charge in [0, 0.05) is 5.56 Å². The second-order valence-corrected chi connectivity index (χ2v) is 6.70. The van der Waals surface area contributed by atoms with Gasteiger partial charge in [0.2, 0.25) is 0 Å². The van der Waals surface area contributed by atoms with Crippen LogP contribution in [0.1, 0.15) is 68.6 Å². The van der Waals surface area contributed by atoms with Crippen molar-refractivity contribution in [3.63, 3.8) is 0 Å². The minimum Gasteiger partial charge on any atom is -0.490 e. The van der Waals surface area contributed by atoms with Crippen LogP contribution in [0.3, 0.4) is 0 Å². The van der Waals surface area contributed by atoms with Gasteiger partial charge in [-0.15, -0.1) is 0 Å². The quantitative estimate of drug-likeness (QED) is 0.326. The molecule has 23 heavy (non-hydrogen) atoms. The maximum atomic E-state index is 10.6. The minimum atomic E-state index is 0.608. The van der Waals surface area contributed by atoms with Gasteiger partial charge >= 0.3 is 0 Å². The first kappa shape index (κ1) is 17.8.